The lowest BCUT2D eigenvalue weighted by atomic mass is 9.86. The van der Waals surface area contributed by atoms with Crippen LogP contribution in [0.5, 0.6) is 0 Å². The third-order valence-electron chi connectivity index (χ3n) is 7.72. The zero-order valence-corrected chi connectivity index (χ0v) is 19.2. The van der Waals surface area contributed by atoms with Crippen LogP contribution in [-0.4, -0.2) is 36.6 Å². The lowest BCUT2D eigenvalue weighted by molar-refractivity contribution is -0.117. The number of amides is 1. The van der Waals surface area contributed by atoms with Crippen LogP contribution in [0.3, 0.4) is 0 Å². The summed E-state index contributed by atoms with van der Waals surface area (Å²) >= 11 is 0. The van der Waals surface area contributed by atoms with Crippen molar-refractivity contribution in [2.45, 2.75) is 51.5 Å². The van der Waals surface area contributed by atoms with Crippen LogP contribution in [0.25, 0.3) is 11.3 Å². The first-order chi connectivity index (χ1) is 16.0. The second kappa shape index (κ2) is 8.69. The molecule has 7 heteroatoms. The number of methoxy groups -OCH3 is 2. The number of fused-ring (bicyclic) bond motifs is 3. The molecule has 1 aromatic carbocycles. The van der Waals surface area contributed by atoms with Gasteiger partial charge in [-0.2, -0.15) is 0 Å². The molecule has 2 saturated carbocycles. The Hall–Kier alpha value is -3.09. The summed E-state index contributed by atoms with van der Waals surface area (Å²) in [5.74, 6) is 1.04. The summed E-state index contributed by atoms with van der Waals surface area (Å²) in [4.78, 5) is 37.8. The first-order valence-electron chi connectivity index (χ1n) is 11.8. The van der Waals surface area contributed by atoms with Crippen LogP contribution in [0.2, 0.25) is 0 Å². The van der Waals surface area contributed by atoms with Crippen molar-refractivity contribution in [1.82, 2.24) is 4.57 Å². The quantitative estimate of drug-likeness (QED) is 0.658. The molecular formula is C26H30N2O5. The van der Waals surface area contributed by atoms with Gasteiger partial charge in [0.25, 0.3) is 0 Å². The summed E-state index contributed by atoms with van der Waals surface area (Å²) in [6.07, 6.45) is 7.27. The first kappa shape index (κ1) is 21.7. The molecule has 5 rings (SSSR count). The van der Waals surface area contributed by atoms with Gasteiger partial charge in [-0.15, -0.1) is 0 Å². The number of benzene rings is 1. The fourth-order valence-electron chi connectivity index (χ4n) is 6.29. The molecule has 2 aromatic rings. The Bertz CT molecular complexity index is 1100. The normalized spacial score (nSPS) is 22.8. The van der Waals surface area contributed by atoms with Crippen LogP contribution in [0.4, 0.5) is 5.69 Å². The molecule has 1 N–H and O–H groups in total. The molecule has 2 bridgehead atoms. The summed E-state index contributed by atoms with van der Waals surface area (Å²) in [5, 5.41) is 3.03. The topological polar surface area (TPSA) is 86.6 Å². The predicted octanol–water partition coefficient (Wildman–Crippen LogP) is 4.44. The van der Waals surface area contributed by atoms with Crippen molar-refractivity contribution in [2.75, 3.05) is 19.5 Å². The van der Waals surface area contributed by atoms with Gasteiger partial charge in [-0.25, -0.2) is 9.59 Å². The van der Waals surface area contributed by atoms with Gasteiger partial charge in [0.05, 0.1) is 25.5 Å². The Balaban J connectivity index is 1.39. The molecule has 0 spiro atoms. The third-order valence-corrected chi connectivity index (χ3v) is 7.72. The number of esters is 2. The van der Waals surface area contributed by atoms with Gasteiger partial charge >= 0.3 is 11.9 Å². The maximum absolute atomic E-state index is 12.7. The highest BCUT2D eigenvalue weighted by Gasteiger charge is 2.40. The van der Waals surface area contributed by atoms with E-state index >= 15 is 0 Å². The molecule has 2 fully saturated rings. The molecule has 1 aromatic heterocycles. The van der Waals surface area contributed by atoms with Gasteiger partial charge in [0.15, 0.2) is 0 Å². The number of carbonyl (C=O) groups excluding carboxylic acids is 3. The van der Waals surface area contributed by atoms with E-state index in [1.165, 1.54) is 39.9 Å². The molecule has 0 unspecified atom stereocenters. The van der Waals surface area contributed by atoms with E-state index in [0.29, 0.717) is 36.6 Å². The standard InChI is InChI=1S/C26H30N2O5/c1-32-25(30)22-20-4-3-11-28(20)24(23(22)26(31)33-2)16-7-9-19(10-8-16)27-21(29)14-18-13-15-5-6-17(18)12-15/h7-10,15,17-18H,3-6,11-14H2,1-2H3,(H,27,29)/t15-,17-,18-/m0/s1. The van der Waals surface area contributed by atoms with E-state index in [-0.39, 0.29) is 11.5 Å². The Labute approximate surface area is 193 Å². The van der Waals surface area contributed by atoms with Crippen molar-refractivity contribution >= 4 is 23.5 Å². The van der Waals surface area contributed by atoms with E-state index in [1.54, 1.807) is 0 Å². The molecular weight excluding hydrogens is 420 g/mol. The summed E-state index contributed by atoms with van der Waals surface area (Å²) in [6, 6.07) is 7.45. The molecule has 3 atom stereocenters. The van der Waals surface area contributed by atoms with Crippen LogP contribution in [0.15, 0.2) is 24.3 Å². The fraction of sp³-hybridized carbons (Fsp3) is 0.500. The average molecular weight is 451 g/mol. The van der Waals surface area contributed by atoms with Gasteiger partial charge in [0.2, 0.25) is 5.91 Å². The van der Waals surface area contributed by atoms with Gasteiger partial charge in [-0.05, 0) is 67.6 Å². The predicted molar refractivity (Wildman–Crippen MR) is 123 cm³/mol. The number of aromatic nitrogens is 1. The minimum atomic E-state index is -0.560. The summed E-state index contributed by atoms with van der Waals surface area (Å²) in [5.41, 5.74) is 3.52. The van der Waals surface area contributed by atoms with Crippen LogP contribution in [0, 0.1) is 17.8 Å². The van der Waals surface area contributed by atoms with E-state index < -0.39 is 11.9 Å². The first-order valence-corrected chi connectivity index (χ1v) is 11.8. The van der Waals surface area contributed by atoms with E-state index in [4.69, 9.17) is 9.47 Å². The number of nitrogens with zero attached hydrogens (tertiary/aromatic N) is 1. The minimum Gasteiger partial charge on any atom is -0.465 e. The Kier molecular flexibility index (Phi) is 5.72. The van der Waals surface area contributed by atoms with Crippen LogP contribution < -0.4 is 5.32 Å². The maximum atomic E-state index is 12.7. The molecule has 3 aliphatic rings. The number of carbonyl (C=O) groups is 3. The van der Waals surface area contributed by atoms with Crippen LogP contribution in [0.1, 0.15) is 64.9 Å². The fourth-order valence-corrected chi connectivity index (χ4v) is 6.29. The van der Waals surface area contributed by atoms with Crippen molar-refractivity contribution in [3.8, 4) is 11.3 Å². The molecule has 0 saturated heterocycles. The second-order valence-corrected chi connectivity index (χ2v) is 9.55. The molecule has 1 aliphatic heterocycles. The largest absolute Gasteiger partial charge is 0.465 e. The minimum absolute atomic E-state index is 0.0621. The van der Waals surface area contributed by atoms with Gasteiger partial charge in [-0.3, -0.25) is 4.79 Å². The van der Waals surface area contributed by atoms with Gasteiger partial charge < -0.3 is 19.4 Å². The van der Waals surface area contributed by atoms with E-state index in [0.717, 1.165) is 35.2 Å². The second-order valence-electron chi connectivity index (χ2n) is 9.55. The molecule has 1 amide bonds. The van der Waals surface area contributed by atoms with E-state index in [9.17, 15) is 14.4 Å². The van der Waals surface area contributed by atoms with Crippen molar-refractivity contribution in [3.05, 3.63) is 41.1 Å². The monoisotopic (exact) mass is 450 g/mol. The average Bonchev–Trinajstić information content (AvgIpc) is 3.59. The van der Waals surface area contributed by atoms with Crippen molar-refractivity contribution in [3.63, 3.8) is 0 Å². The van der Waals surface area contributed by atoms with E-state index in [1.807, 2.05) is 28.8 Å². The smallest absolute Gasteiger partial charge is 0.340 e. The lowest BCUT2D eigenvalue weighted by Crippen LogP contribution is -2.20. The van der Waals surface area contributed by atoms with Gasteiger partial charge in [0.1, 0.15) is 5.56 Å². The molecule has 33 heavy (non-hydrogen) atoms. The number of rotatable bonds is 6. The zero-order chi connectivity index (χ0) is 23.1. The zero-order valence-electron chi connectivity index (χ0n) is 19.2. The Morgan fingerprint density at radius 3 is 2.36 bits per heavy atom. The van der Waals surface area contributed by atoms with Gasteiger partial charge in [-0.1, -0.05) is 18.6 Å². The molecule has 7 nitrogen and oxygen atoms in total. The molecule has 2 aliphatic carbocycles. The van der Waals surface area contributed by atoms with Crippen molar-refractivity contribution < 1.29 is 23.9 Å². The third kappa shape index (κ3) is 3.83. The Morgan fingerprint density at radius 2 is 1.73 bits per heavy atom. The van der Waals surface area contributed by atoms with Gasteiger partial charge in [0, 0.05) is 24.3 Å². The summed E-state index contributed by atoms with van der Waals surface area (Å²) < 4.78 is 12.0. The Morgan fingerprint density at radius 1 is 1.00 bits per heavy atom. The molecule has 174 valence electrons. The van der Waals surface area contributed by atoms with Crippen LogP contribution in [-0.2, 0) is 27.2 Å². The highest BCUT2D eigenvalue weighted by molar-refractivity contribution is 6.09. The molecule has 0 radical (unpaired) electrons. The lowest BCUT2D eigenvalue weighted by Gasteiger charge is -2.21. The SMILES string of the molecule is COC(=O)c1c(C(=O)OC)c(-c2ccc(NC(=O)C[C@@H]3C[C@H]4CC[C@H]3C4)cc2)n2c1CCC2. The number of hydrogen-bond donors (Lipinski definition) is 1. The van der Waals surface area contributed by atoms with Crippen LogP contribution >= 0.6 is 0 Å². The highest BCUT2D eigenvalue weighted by Crippen LogP contribution is 2.49. The maximum Gasteiger partial charge on any atom is 0.340 e. The van der Waals surface area contributed by atoms with Crippen molar-refractivity contribution in [1.29, 1.82) is 0 Å². The number of anilines is 1. The number of ether oxygens (including phenoxy) is 2. The van der Waals surface area contributed by atoms with E-state index in [2.05, 4.69) is 5.32 Å². The number of nitrogens with one attached hydrogen (secondary N) is 1. The number of hydrogen-bond acceptors (Lipinski definition) is 5. The highest BCUT2D eigenvalue weighted by atomic mass is 16.5. The molecule has 2 heterocycles. The summed E-state index contributed by atoms with van der Waals surface area (Å²) in [7, 11) is 2.63. The summed E-state index contributed by atoms with van der Waals surface area (Å²) in [6.45, 7) is 0.716. The van der Waals surface area contributed by atoms with Crippen molar-refractivity contribution in [2.24, 2.45) is 17.8 Å².